The summed E-state index contributed by atoms with van der Waals surface area (Å²) in [7, 11) is 0. The molecule has 0 aliphatic carbocycles. The van der Waals surface area contributed by atoms with E-state index < -0.39 is 12.6 Å². The topological polar surface area (TPSA) is 84.5 Å². The molecule has 26 heavy (non-hydrogen) atoms. The standard InChI is InChI=1S/C18H19ClN2O4S/c1-11(2)9-20-16(22)10-25-18(24)13-6-5-12(19)8-14(13)21-17(23)15-4-3-7-26-15/h3-8,11H,9-10H2,1-2H3,(H,20,22)(H,21,23). The maximum Gasteiger partial charge on any atom is 0.340 e. The van der Waals surface area contributed by atoms with Gasteiger partial charge in [-0.3, -0.25) is 9.59 Å². The first-order valence-electron chi connectivity index (χ1n) is 7.95. The second-order valence-corrected chi connectivity index (χ2v) is 7.28. The molecule has 8 heteroatoms. The molecule has 2 N–H and O–H groups in total. The summed E-state index contributed by atoms with van der Waals surface area (Å²) in [6.07, 6.45) is 0. The van der Waals surface area contributed by atoms with Gasteiger partial charge in [-0.1, -0.05) is 31.5 Å². The molecule has 6 nitrogen and oxygen atoms in total. The number of rotatable bonds is 7. The fraction of sp³-hybridized carbons (Fsp3) is 0.278. The van der Waals surface area contributed by atoms with Gasteiger partial charge < -0.3 is 15.4 Å². The molecule has 0 saturated carbocycles. The quantitative estimate of drug-likeness (QED) is 0.703. The highest BCUT2D eigenvalue weighted by Crippen LogP contribution is 2.23. The second kappa shape index (κ2) is 9.35. The summed E-state index contributed by atoms with van der Waals surface area (Å²) in [5.74, 6) is -1.16. The van der Waals surface area contributed by atoms with E-state index in [0.29, 0.717) is 22.4 Å². The van der Waals surface area contributed by atoms with Gasteiger partial charge in [0.15, 0.2) is 6.61 Å². The third kappa shape index (κ3) is 5.86. The van der Waals surface area contributed by atoms with Crippen LogP contribution < -0.4 is 10.6 Å². The Kier molecular flexibility index (Phi) is 7.17. The van der Waals surface area contributed by atoms with Crippen molar-refractivity contribution >= 4 is 46.4 Å². The molecule has 138 valence electrons. The lowest BCUT2D eigenvalue weighted by Crippen LogP contribution is -2.31. The Morgan fingerprint density at radius 3 is 2.65 bits per heavy atom. The molecular weight excluding hydrogens is 376 g/mol. The minimum Gasteiger partial charge on any atom is -0.452 e. The van der Waals surface area contributed by atoms with Gasteiger partial charge in [0.05, 0.1) is 16.1 Å². The van der Waals surface area contributed by atoms with Gasteiger partial charge in [-0.15, -0.1) is 11.3 Å². The highest BCUT2D eigenvalue weighted by molar-refractivity contribution is 7.12. The Labute approximate surface area is 160 Å². The Bertz CT molecular complexity index is 790. The zero-order chi connectivity index (χ0) is 19.1. The van der Waals surface area contributed by atoms with E-state index in [9.17, 15) is 14.4 Å². The molecule has 1 aromatic carbocycles. The van der Waals surface area contributed by atoms with E-state index in [1.165, 1.54) is 29.5 Å². The van der Waals surface area contributed by atoms with Crippen molar-refractivity contribution < 1.29 is 19.1 Å². The monoisotopic (exact) mass is 394 g/mol. The second-order valence-electron chi connectivity index (χ2n) is 5.90. The average Bonchev–Trinajstić information content (AvgIpc) is 3.12. The number of thiophene rings is 1. The molecule has 2 amide bonds. The molecule has 0 aliphatic rings. The zero-order valence-electron chi connectivity index (χ0n) is 14.4. The molecule has 0 spiro atoms. The zero-order valence-corrected chi connectivity index (χ0v) is 15.9. The van der Waals surface area contributed by atoms with Crippen LogP contribution in [0.15, 0.2) is 35.7 Å². The van der Waals surface area contributed by atoms with Crippen LogP contribution in [-0.4, -0.2) is 30.9 Å². The molecular formula is C18H19ClN2O4S. The van der Waals surface area contributed by atoms with Crippen LogP contribution in [0.2, 0.25) is 5.02 Å². The van der Waals surface area contributed by atoms with Gasteiger partial charge in [-0.2, -0.15) is 0 Å². The summed E-state index contributed by atoms with van der Waals surface area (Å²) in [5, 5.41) is 7.44. The van der Waals surface area contributed by atoms with Crippen molar-refractivity contribution in [2.75, 3.05) is 18.5 Å². The molecule has 0 unspecified atom stereocenters. The molecule has 1 heterocycles. The molecule has 0 bridgehead atoms. The van der Waals surface area contributed by atoms with Crippen LogP contribution >= 0.6 is 22.9 Å². The summed E-state index contributed by atoms with van der Waals surface area (Å²) in [5.41, 5.74) is 0.347. The van der Waals surface area contributed by atoms with Gasteiger partial charge >= 0.3 is 5.97 Å². The molecule has 0 atom stereocenters. The molecule has 2 aromatic rings. The predicted molar refractivity (Wildman–Crippen MR) is 102 cm³/mol. The number of anilines is 1. The van der Waals surface area contributed by atoms with Crippen molar-refractivity contribution in [1.29, 1.82) is 0 Å². The van der Waals surface area contributed by atoms with Gasteiger partial charge in [0.25, 0.3) is 11.8 Å². The van der Waals surface area contributed by atoms with Crippen LogP contribution in [0, 0.1) is 5.92 Å². The van der Waals surface area contributed by atoms with E-state index in [0.717, 1.165) is 0 Å². The van der Waals surface area contributed by atoms with E-state index in [2.05, 4.69) is 10.6 Å². The third-order valence-corrected chi connectivity index (χ3v) is 4.34. The number of benzene rings is 1. The summed E-state index contributed by atoms with van der Waals surface area (Å²) in [4.78, 5) is 36.7. The van der Waals surface area contributed by atoms with E-state index in [1.807, 2.05) is 13.8 Å². The summed E-state index contributed by atoms with van der Waals surface area (Å²) < 4.78 is 5.03. The van der Waals surface area contributed by atoms with Gasteiger partial charge in [-0.05, 0) is 35.6 Å². The van der Waals surface area contributed by atoms with Crippen LogP contribution in [0.3, 0.4) is 0 Å². The number of carbonyl (C=O) groups is 3. The maximum atomic E-state index is 12.3. The highest BCUT2D eigenvalue weighted by Gasteiger charge is 2.18. The highest BCUT2D eigenvalue weighted by atomic mass is 35.5. The molecule has 0 aliphatic heterocycles. The number of hydrogen-bond donors (Lipinski definition) is 2. The van der Waals surface area contributed by atoms with Crippen LogP contribution in [0.4, 0.5) is 5.69 Å². The number of nitrogens with one attached hydrogen (secondary N) is 2. The predicted octanol–water partition coefficient (Wildman–Crippen LogP) is 3.58. The number of amides is 2. The van der Waals surface area contributed by atoms with E-state index in [4.69, 9.17) is 16.3 Å². The van der Waals surface area contributed by atoms with Gasteiger partial charge in [0, 0.05) is 11.6 Å². The Hall–Kier alpha value is -2.38. The maximum absolute atomic E-state index is 12.3. The SMILES string of the molecule is CC(C)CNC(=O)COC(=O)c1ccc(Cl)cc1NC(=O)c1cccs1. The first kappa shape index (κ1) is 19.9. The minimum absolute atomic E-state index is 0.121. The van der Waals surface area contributed by atoms with Crippen LogP contribution in [0.1, 0.15) is 33.9 Å². The van der Waals surface area contributed by atoms with Crippen molar-refractivity contribution in [3.05, 3.63) is 51.2 Å². The average molecular weight is 395 g/mol. The fourth-order valence-corrected chi connectivity index (χ4v) is 2.76. The number of hydrogen-bond acceptors (Lipinski definition) is 5. The summed E-state index contributed by atoms with van der Waals surface area (Å²) >= 11 is 7.24. The first-order valence-corrected chi connectivity index (χ1v) is 9.21. The lowest BCUT2D eigenvalue weighted by molar-refractivity contribution is -0.124. The van der Waals surface area contributed by atoms with Gasteiger partial charge in [0.1, 0.15) is 0 Å². The third-order valence-electron chi connectivity index (χ3n) is 3.24. The lowest BCUT2D eigenvalue weighted by Gasteiger charge is -2.12. The summed E-state index contributed by atoms with van der Waals surface area (Å²) in [6.45, 7) is 4.02. The largest absolute Gasteiger partial charge is 0.452 e. The van der Waals surface area contributed by atoms with Crippen LogP contribution in [0.5, 0.6) is 0 Å². The fourth-order valence-electron chi connectivity index (χ4n) is 1.97. The summed E-state index contributed by atoms with van der Waals surface area (Å²) in [6, 6.07) is 7.84. The van der Waals surface area contributed by atoms with E-state index >= 15 is 0 Å². The molecule has 1 aromatic heterocycles. The lowest BCUT2D eigenvalue weighted by atomic mass is 10.1. The van der Waals surface area contributed by atoms with Crippen molar-refractivity contribution in [3.63, 3.8) is 0 Å². The van der Waals surface area contributed by atoms with Gasteiger partial charge in [0.2, 0.25) is 0 Å². The minimum atomic E-state index is -0.720. The van der Waals surface area contributed by atoms with E-state index in [-0.39, 0.29) is 23.1 Å². The number of halogens is 1. The van der Waals surface area contributed by atoms with Crippen LogP contribution in [0.25, 0.3) is 0 Å². The van der Waals surface area contributed by atoms with Crippen molar-refractivity contribution in [3.8, 4) is 0 Å². The Morgan fingerprint density at radius 1 is 1.23 bits per heavy atom. The van der Waals surface area contributed by atoms with Crippen LogP contribution in [-0.2, 0) is 9.53 Å². The van der Waals surface area contributed by atoms with Gasteiger partial charge in [-0.25, -0.2) is 4.79 Å². The smallest absolute Gasteiger partial charge is 0.340 e. The Morgan fingerprint density at radius 2 is 2.00 bits per heavy atom. The number of ether oxygens (including phenoxy) is 1. The van der Waals surface area contributed by atoms with Crippen molar-refractivity contribution in [1.82, 2.24) is 5.32 Å². The molecule has 0 radical (unpaired) electrons. The first-order chi connectivity index (χ1) is 12.4. The molecule has 0 saturated heterocycles. The van der Waals surface area contributed by atoms with Crippen molar-refractivity contribution in [2.45, 2.75) is 13.8 Å². The number of esters is 1. The Balaban J connectivity index is 2.05. The van der Waals surface area contributed by atoms with E-state index in [1.54, 1.807) is 17.5 Å². The number of carbonyl (C=O) groups excluding carboxylic acids is 3. The normalized spacial score (nSPS) is 10.5. The molecule has 2 rings (SSSR count). The van der Waals surface area contributed by atoms with Crippen molar-refractivity contribution in [2.24, 2.45) is 5.92 Å². The molecule has 0 fully saturated rings.